The fourth-order valence-corrected chi connectivity index (χ4v) is 3.11. The number of aromatic nitrogens is 2. The van der Waals surface area contributed by atoms with Crippen molar-refractivity contribution in [3.05, 3.63) is 76.3 Å². The third kappa shape index (κ3) is 5.90. The summed E-state index contributed by atoms with van der Waals surface area (Å²) < 4.78 is 0.949. The monoisotopic (exact) mass is 456 g/mol. The summed E-state index contributed by atoms with van der Waals surface area (Å²) in [5.41, 5.74) is 2.37. The van der Waals surface area contributed by atoms with Gasteiger partial charge in [0.05, 0.1) is 5.75 Å². The Hall–Kier alpha value is -2.71. The average Bonchev–Trinajstić information content (AvgIpc) is 2.70. The van der Waals surface area contributed by atoms with E-state index in [9.17, 15) is 9.59 Å². The van der Waals surface area contributed by atoms with E-state index in [1.54, 1.807) is 24.3 Å². The highest BCUT2D eigenvalue weighted by atomic mass is 79.9. The largest absolute Gasteiger partial charge is 0.325 e. The number of rotatable bonds is 6. The number of amides is 2. The van der Waals surface area contributed by atoms with Crippen molar-refractivity contribution in [1.82, 2.24) is 10.2 Å². The minimum Gasteiger partial charge on any atom is -0.325 e. The van der Waals surface area contributed by atoms with Crippen LogP contribution in [-0.4, -0.2) is 27.8 Å². The van der Waals surface area contributed by atoms with Crippen LogP contribution in [0.5, 0.6) is 0 Å². The number of carbonyl (C=O) groups excluding carboxylic acids is 2. The Bertz CT molecular complexity index is 961. The number of anilines is 2. The highest BCUT2D eigenvalue weighted by molar-refractivity contribution is 9.10. The van der Waals surface area contributed by atoms with E-state index in [-0.39, 0.29) is 17.6 Å². The summed E-state index contributed by atoms with van der Waals surface area (Å²) in [5, 5.41) is 14.1. The third-order valence-electron chi connectivity index (χ3n) is 3.67. The second-order valence-corrected chi connectivity index (χ2v) is 7.83. The third-order valence-corrected chi connectivity index (χ3v) is 5.12. The van der Waals surface area contributed by atoms with Crippen molar-refractivity contribution in [3.8, 4) is 0 Å². The van der Waals surface area contributed by atoms with Crippen molar-refractivity contribution >= 4 is 51.0 Å². The summed E-state index contributed by atoms with van der Waals surface area (Å²) in [6, 6.07) is 18.0. The molecule has 2 N–H and O–H groups in total. The molecule has 0 radical (unpaired) electrons. The Morgan fingerprint density at radius 1 is 0.929 bits per heavy atom. The molecule has 0 saturated heterocycles. The number of thioether (sulfide) groups is 1. The van der Waals surface area contributed by atoms with E-state index in [0.29, 0.717) is 16.4 Å². The number of hydrogen-bond donors (Lipinski definition) is 2. The second-order valence-electron chi connectivity index (χ2n) is 5.92. The first-order chi connectivity index (χ1) is 13.5. The van der Waals surface area contributed by atoms with Gasteiger partial charge in [-0.05, 0) is 55.5 Å². The number of hydrogen-bond acceptors (Lipinski definition) is 5. The van der Waals surface area contributed by atoms with Crippen molar-refractivity contribution in [2.45, 2.75) is 11.9 Å². The average molecular weight is 457 g/mol. The lowest BCUT2D eigenvalue weighted by Crippen LogP contribution is -2.14. The summed E-state index contributed by atoms with van der Waals surface area (Å²) in [7, 11) is 0. The Kier molecular flexibility index (Phi) is 6.78. The van der Waals surface area contributed by atoms with Gasteiger partial charge in [0, 0.05) is 15.7 Å². The maximum Gasteiger partial charge on any atom is 0.256 e. The SMILES string of the molecule is Cc1ccc(C(=O)Nc2ccc(SCC(=O)Nc3ccc(Br)cc3)nn2)cc1. The standard InChI is InChI=1S/C20H17BrN4O2S/c1-13-2-4-14(5-3-13)20(27)23-17-10-11-19(25-24-17)28-12-18(26)22-16-8-6-15(21)7-9-16/h2-11H,12H2,1H3,(H,22,26)(H,23,24,27). The molecular formula is C20H17BrN4O2S. The van der Waals surface area contributed by atoms with E-state index >= 15 is 0 Å². The molecule has 0 atom stereocenters. The van der Waals surface area contributed by atoms with Gasteiger partial charge in [0.25, 0.3) is 5.91 Å². The second kappa shape index (κ2) is 9.48. The van der Waals surface area contributed by atoms with Crippen LogP contribution < -0.4 is 10.6 Å². The molecule has 0 aliphatic heterocycles. The summed E-state index contributed by atoms with van der Waals surface area (Å²) in [6.07, 6.45) is 0. The molecule has 2 amide bonds. The van der Waals surface area contributed by atoms with Gasteiger partial charge in [0.15, 0.2) is 5.82 Å². The van der Waals surface area contributed by atoms with Crippen LogP contribution in [0.2, 0.25) is 0 Å². The van der Waals surface area contributed by atoms with Crippen molar-refractivity contribution in [3.63, 3.8) is 0 Å². The highest BCUT2D eigenvalue weighted by Crippen LogP contribution is 2.18. The zero-order chi connectivity index (χ0) is 19.9. The lowest BCUT2D eigenvalue weighted by atomic mass is 10.1. The van der Waals surface area contributed by atoms with Gasteiger partial charge in [-0.1, -0.05) is 45.4 Å². The number of halogens is 1. The minimum absolute atomic E-state index is 0.133. The maximum absolute atomic E-state index is 12.2. The first-order valence-corrected chi connectivity index (χ1v) is 10.2. The molecule has 0 saturated carbocycles. The topological polar surface area (TPSA) is 84.0 Å². The first kappa shape index (κ1) is 20.0. The molecule has 0 unspecified atom stereocenters. The number of nitrogens with one attached hydrogen (secondary N) is 2. The van der Waals surface area contributed by atoms with Gasteiger partial charge in [0.1, 0.15) is 5.03 Å². The van der Waals surface area contributed by atoms with Crippen LogP contribution in [0.25, 0.3) is 0 Å². The van der Waals surface area contributed by atoms with Crippen LogP contribution in [0.1, 0.15) is 15.9 Å². The molecule has 28 heavy (non-hydrogen) atoms. The van der Waals surface area contributed by atoms with Crippen LogP contribution >= 0.6 is 27.7 Å². The fourth-order valence-electron chi connectivity index (χ4n) is 2.23. The Labute approximate surface area is 175 Å². The van der Waals surface area contributed by atoms with Gasteiger partial charge in [-0.15, -0.1) is 10.2 Å². The van der Waals surface area contributed by atoms with Crippen molar-refractivity contribution < 1.29 is 9.59 Å². The van der Waals surface area contributed by atoms with Crippen LogP contribution in [0.4, 0.5) is 11.5 Å². The number of nitrogens with zero attached hydrogens (tertiary/aromatic N) is 2. The fraction of sp³-hybridized carbons (Fsp3) is 0.100. The van der Waals surface area contributed by atoms with Crippen LogP contribution in [0.3, 0.4) is 0 Å². The van der Waals surface area contributed by atoms with Crippen molar-refractivity contribution in [2.75, 3.05) is 16.4 Å². The van der Waals surface area contributed by atoms with E-state index in [0.717, 1.165) is 15.7 Å². The van der Waals surface area contributed by atoms with E-state index in [1.807, 2.05) is 43.3 Å². The molecule has 6 nitrogen and oxygen atoms in total. The first-order valence-electron chi connectivity index (χ1n) is 8.39. The molecule has 1 heterocycles. The molecule has 0 aliphatic carbocycles. The van der Waals surface area contributed by atoms with Crippen molar-refractivity contribution in [1.29, 1.82) is 0 Å². The van der Waals surface area contributed by atoms with Gasteiger partial charge in [-0.2, -0.15) is 0 Å². The lowest BCUT2D eigenvalue weighted by Gasteiger charge is -2.06. The normalized spacial score (nSPS) is 10.4. The van der Waals surface area contributed by atoms with Crippen molar-refractivity contribution in [2.24, 2.45) is 0 Å². The summed E-state index contributed by atoms with van der Waals surface area (Å²) in [6.45, 7) is 1.96. The van der Waals surface area contributed by atoms with E-state index in [1.165, 1.54) is 11.8 Å². The predicted octanol–water partition coefficient (Wildman–Crippen LogP) is 4.53. The van der Waals surface area contributed by atoms with Gasteiger partial charge < -0.3 is 10.6 Å². The molecule has 0 bridgehead atoms. The van der Waals surface area contributed by atoms with Gasteiger partial charge >= 0.3 is 0 Å². The summed E-state index contributed by atoms with van der Waals surface area (Å²) in [4.78, 5) is 24.2. The number of carbonyl (C=O) groups is 2. The molecule has 0 fully saturated rings. The number of aryl methyl sites for hydroxylation is 1. The zero-order valence-electron chi connectivity index (χ0n) is 15.0. The lowest BCUT2D eigenvalue weighted by molar-refractivity contribution is -0.113. The van der Waals surface area contributed by atoms with Crippen LogP contribution in [0, 0.1) is 6.92 Å². The summed E-state index contributed by atoms with van der Waals surface area (Å²) >= 11 is 4.62. The Morgan fingerprint density at radius 3 is 2.29 bits per heavy atom. The molecule has 2 aromatic carbocycles. The molecule has 3 aromatic rings. The minimum atomic E-state index is -0.247. The quantitative estimate of drug-likeness (QED) is 0.532. The molecule has 0 aliphatic rings. The maximum atomic E-state index is 12.2. The van der Waals surface area contributed by atoms with E-state index in [4.69, 9.17) is 0 Å². The molecule has 0 spiro atoms. The molecular weight excluding hydrogens is 440 g/mol. The Balaban J connectivity index is 1.49. The summed E-state index contributed by atoms with van der Waals surface area (Å²) in [5.74, 6) is 0.184. The van der Waals surface area contributed by atoms with Gasteiger partial charge in [-0.25, -0.2) is 0 Å². The predicted molar refractivity (Wildman–Crippen MR) is 115 cm³/mol. The van der Waals surface area contributed by atoms with E-state index in [2.05, 4.69) is 36.8 Å². The van der Waals surface area contributed by atoms with Crippen LogP contribution in [0.15, 0.2) is 70.2 Å². The van der Waals surface area contributed by atoms with Gasteiger partial charge in [0.2, 0.25) is 5.91 Å². The molecule has 142 valence electrons. The number of benzene rings is 2. The van der Waals surface area contributed by atoms with Crippen LogP contribution in [-0.2, 0) is 4.79 Å². The smallest absolute Gasteiger partial charge is 0.256 e. The highest BCUT2D eigenvalue weighted by Gasteiger charge is 2.08. The zero-order valence-corrected chi connectivity index (χ0v) is 17.4. The van der Waals surface area contributed by atoms with E-state index < -0.39 is 0 Å². The molecule has 3 rings (SSSR count). The molecule has 8 heteroatoms. The van der Waals surface area contributed by atoms with Gasteiger partial charge in [-0.3, -0.25) is 9.59 Å². The molecule has 1 aromatic heterocycles. The Morgan fingerprint density at radius 2 is 1.64 bits per heavy atom.